The lowest BCUT2D eigenvalue weighted by Gasteiger charge is -2.20. The molecular weight excluding hydrogens is 219 g/mol. The highest BCUT2D eigenvalue weighted by Gasteiger charge is 2.09. The molecule has 3 nitrogen and oxygen atoms in total. The zero-order valence-corrected chi connectivity index (χ0v) is 9.99. The Kier molecular flexibility index (Phi) is 5.61. The highest BCUT2D eigenvalue weighted by Crippen LogP contribution is 2.12. The van der Waals surface area contributed by atoms with Crippen LogP contribution in [-0.4, -0.2) is 29.7 Å². The van der Waals surface area contributed by atoms with Crippen LogP contribution in [0.2, 0.25) is 0 Å². The van der Waals surface area contributed by atoms with Crippen molar-refractivity contribution in [3.8, 4) is 6.07 Å². The summed E-state index contributed by atoms with van der Waals surface area (Å²) in [5.41, 5.74) is 0.890. The van der Waals surface area contributed by atoms with Gasteiger partial charge in [-0.1, -0.05) is 13.0 Å². The predicted octanol–water partition coefficient (Wildman–Crippen LogP) is 1.90. The number of nitriles is 1. The molecule has 1 N–H and O–H groups in total. The van der Waals surface area contributed by atoms with Gasteiger partial charge in [0.1, 0.15) is 5.82 Å². The van der Waals surface area contributed by atoms with E-state index in [1.807, 2.05) is 17.9 Å². The molecule has 1 aromatic rings. The van der Waals surface area contributed by atoms with E-state index in [0.717, 1.165) is 13.0 Å². The summed E-state index contributed by atoms with van der Waals surface area (Å²) in [6.45, 7) is 3.93. The van der Waals surface area contributed by atoms with E-state index in [1.165, 1.54) is 6.07 Å². The van der Waals surface area contributed by atoms with Gasteiger partial charge in [0, 0.05) is 18.7 Å². The summed E-state index contributed by atoms with van der Waals surface area (Å²) < 4.78 is 13.6. The summed E-state index contributed by atoms with van der Waals surface area (Å²) in [6.07, 6.45) is 0.956. The number of halogens is 1. The molecule has 92 valence electrons. The average Bonchev–Trinajstić information content (AvgIpc) is 2.32. The molecule has 0 fully saturated rings. The van der Waals surface area contributed by atoms with Crippen LogP contribution in [-0.2, 0) is 6.54 Å². The molecule has 0 unspecified atom stereocenters. The molecule has 0 aliphatic carbocycles. The van der Waals surface area contributed by atoms with Crippen LogP contribution in [0.4, 0.5) is 4.39 Å². The van der Waals surface area contributed by atoms with E-state index in [0.29, 0.717) is 24.2 Å². The first-order valence-electron chi connectivity index (χ1n) is 5.73. The largest absolute Gasteiger partial charge is 0.395 e. The second-order valence-corrected chi connectivity index (χ2v) is 3.92. The average molecular weight is 236 g/mol. The summed E-state index contributed by atoms with van der Waals surface area (Å²) in [7, 11) is 0. The molecule has 0 aliphatic heterocycles. The van der Waals surface area contributed by atoms with Crippen LogP contribution in [0, 0.1) is 17.1 Å². The second kappa shape index (κ2) is 7.00. The van der Waals surface area contributed by atoms with Crippen LogP contribution in [0.15, 0.2) is 18.2 Å². The van der Waals surface area contributed by atoms with E-state index in [9.17, 15) is 4.39 Å². The molecule has 0 aromatic heterocycles. The van der Waals surface area contributed by atoms with Crippen molar-refractivity contribution in [1.29, 1.82) is 5.26 Å². The predicted molar refractivity (Wildman–Crippen MR) is 63.8 cm³/mol. The minimum Gasteiger partial charge on any atom is -0.395 e. The van der Waals surface area contributed by atoms with E-state index >= 15 is 0 Å². The molecule has 0 aliphatic rings. The molecule has 0 bridgehead atoms. The van der Waals surface area contributed by atoms with Gasteiger partial charge in [0.25, 0.3) is 0 Å². The van der Waals surface area contributed by atoms with Crippen molar-refractivity contribution in [3.05, 3.63) is 35.1 Å². The number of benzene rings is 1. The van der Waals surface area contributed by atoms with Gasteiger partial charge in [-0.05, 0) is 25.1 Å². The fourth-order valence-corrected chi connectivity index (χ4v) is 1.71. The molecule has 0 heterocycles. The number of rotatable bonds is 6. The quantitative estimate of drug-likeness (QED) is 0.820. The third-order valence-electron chi connectivity index (χ3n) is 2.53. The Morgan fingerprint density at radius 1 is 1.41 bits per heavy atom. The van der Waals surface area contributed by atoms with E-state index in [4.69, 9.17) is 10.4 Å². The first kappa shape index (κ1) is 13.6. The smallest absolute Gasteiger partial charge is 0.129 e. The van der Waals surface area contributed by atoms with Crippen LogP contribution in [0.1, 0.15) is 24.5 Å². The van der Waals surface area contributed by atoms with Crippen molar-refractivity contribution >= 4 is 0 Å². The summed E-state index contributed by atoms with van der Waals surface area (Å²) >= 11 is 0. The minimum atomic E-state index is -0.358. The molecule has 0 spiro atoms. The van der Waals surface area contributed by atoms with Crippen LogP contribution < -0.4 is 0 Å². The first-order valence-corrected chi connectivity index (χ1v) is 5.73. The maximum absolute atomic E-state index is 13.6. The topological polar surface area (TPSA) is 47.3 Å². The van der Waals surface area contributed by atoms with Crippen molar-refractivity contribution in [1.82, 2.24) is 4.90 Å². The lowest BCUT2D eigenvalue weighted by atomic mass is 10.1. The molecule has 1 aromatic carbocycles. The summed E-state index contributed by atoms with van der Waals surface area (Å²) in [5, 5.41) is 17.6. The van der Waals surface area contributed by atoms with E-state index < -0.39 is 0 Å². The van der Waals surface area contributed by atoms with Crippen LogP contribution in [0.25, 0.3) is 0 Å². The van der Waals surface area contributed by atoms with Gasteiger partial charge in [-0.25, -0.2) is 4.39 Å². The van der Waals surface area contributed by atoms with Crippen molar-refractivity contribution in [3.63, 3.8) is 0 Å². The van der Waals surface area contributed by atoms with Gasteiger partial charge < -0.3 is 5.11 Å². The molecule has 0 radical (unpaired) electrons. The highest BCUT2D eigenvalue weighted by molar-refractivity contribution is 5.32. The zero-order chi connectivity index (χ0) is 12.7. The lowest BCUT2D eigenvalue weighted by molar-refractivity contribution is 0.189. The Morgan fingerprint density at radius 2 is 2.18 bits per heavy atom. The minimum absolute atomic E-state index is 0.0674. The van der Waals surface area contributed by atoms with E-state index in [1.54, 1.807) is 12.1 Å². The molecule has 0 atom stereocenters. The third kappa shape index (κ3) is 4.14. The second-order valence-electron chi connectivity index (χ2n) is 3.92. The lowest BCUT2D eigenvalue weighted by Crippen LogP contribution is -2.27. The normalized spacial score (nSPS) is 10.5. The molecule has 4 heteroatoms. The van der Waals surface area contributed by atoms with Crippen molar-refractivity contribution in [2.24, 2.45) is 0 Å². The first-order chi connectivity index (χ1) is 8.21. The Labute approximate surface area is 101 Å². The molecule has 17 heavy (non-hydrogen) atoms. The molecule has 1 rings (SSSR count). The number of aliphatic hydroxyl groups excluding tert-OH is 1. The van der Waals surface area contributed by atoms with Crippen molar-refractivity contribution in [2.75, 3.05) is 19.7 Å². The van der Waals surface area contributed by atoms with Crippen LogP contribution in [0.5, 0.6) is 0 Å². The van der Waals surface area contributed by atoms with Gasteiger partial charge >= 0.3 is 0 Å². The van der Waals surface area contributed by atoms with Crippen molar-refractivity contribution < 1.29 is 9.50 Å². The molecular formula is C13H17FN2O. The Hall–Kier alpha value is -1.44. The maximum Gasteiger partial charge on any atom is 0.129 e. The Morgan fingerprint density at radius 3 is 2.71 bits per heavy atom. The molecule has 0 amide bonds. The number of hydrogen-bond donors (Lipinski definition) is 1. The monoisotopic (exact) mass is 236 g/mol. The highest BCUT2D eigenvalue weighted by atomic mass is 19.1. The SMILES string of the molecule is CCCN(CCO)Cc1ccc(C#N)cc1F. The van der Waals surface area contributed by atoms with Gasteiger partial charge in [-0.3, -0.25) is 4.90 Å². The summed E-state index contributed by atoms with van der Waals surface area (Å²) in [6, 6.07) is 6.40. The molecule has 0 saturated carbocycles. The van der Waals surface area contributed by atoms with Gasteiger partial charge in [0.15, 0.2) is 0 Å². The van der Waals surface area contributed by atoms with Crippen LogP contribution >= 0.6 is 0 Å². The molecule has 0 saturated heterocycles. The summed E-state index contributed by atoms with van der Waals surface area (Å²) in [4.78, 5) is 1.99. The Balaban J connectivity index is 2.75. The van der Waals surface area contributed by atoms with E-state index in [2.05, 4.69) is 0 Å². The Bertz CT molecular complexity index is 395. The van der Waals surface area contributed by atoms with Gasteiger partial charge in [0.2, 0.25) is 0 Å². The van der Waals surface area contributed by atoms with Crippen LogP contribution in [0.3, 0.4) is 0 Å². The van der Waals surface area contributed by atoms with Gasteiger partial charge in [0.05, 0.1) is 18.2 Å². The fourth-order valence-electron chi connectivity index (χ4n) is 1.71. The van der Waals surface area contributed by atoms with Gasteiger partial charge in [-0.15, -0.1) is 0 Å². The third-order valence-corrected chi connectivity index (χ3v) is 2.53. The van der Waals surface area contributed by atoms with E-state index in [-0.39, 0.29) is 12.4 Å². The zero-order valence-electron chi connectivity index (χ0n) is 9.99. The number of hydrogen-bond acceptors (Lipinski definition) is 3. The number of nitrogens with zero attached hydrogens (tertiary/aromatic N) is 2. The number of aliphatic hydroxyl groups is 1. The summed E-state index contributed by atoms with van der Waals surface area (Å²) in [5.74, 6) is -0.358. The maximum atomic E-state index is 13.6. The van der Waals surface area contributed by atoms with Crippen molar-refractivity contribution in [2.45, 2.75) is 19.9 Å². The van der Waals surface area contributed by atoms with Gasteiger partial charge in [-0.2, -0.15) is 5.26 Å². The fraction of sp³-hybridized carbons (Fsp3) is 0.462. The standard InChI is InChI=1S/C13H17FN2O/c1-2-5-16(6-7-17)10-12-4-3-11(9-15)8-13(12)14/h3-4,8,17H,2,5-7,10H2,1H3.